The van der Waals surface area contributed by atoms with E-state index in [9.17, 15) is 13.2 Å². The lowest BCUT2D eigenvalue weighted by molar-refractivity contribution is -0.134. The summed E-state index contributed by atoms with van der Waals surface area (Å²) in [5, 5.41) is 2.90. The van der Waals surface area contributed by atoms with Crippen LogP contribution in [0.2, 0.25) is 5.15 Å². The molecule has 1 N–H and O–H groups in total. The summed E-state index contributed by atoms with van der Waals surface area (Å²) in [6, 6.07) is 0. The van der Waals surface area contributed by atoms with Gasteiger partial charge in [-0.3, -0.25) is 4.98 Å². The van der Waals surface area contributed by atoms with Crippen molar-refractivity contribution in [1.82, 2.24) is 9.97 Å². The summed E-state index contributed by atoms with van der Waals surface area (Å²) in [7, 11) is 0. The molecule has 0 amide bonds. The first kappa shape index (κ1) is 12.0. The number of halogens is 4. The van der Waals surface area contributed by atoms with Crippen LogP contribution in [0.5, 0.6) is 0 Å². The average molecular weight is 240 g/mol. The van der Waals surface area contributed by atoms with Crippen LogP contribution in [0.4, 0.5) is 19.0 Å². The Morgan fingerprint density at radius 3 is 2.67 bits per heavy atom. The quantitative estimate of drug-likeness (QED) is 0.821. The fraction of sp³-hybridized carbons (Fsp3) is 0.500. The first-order valence-corrected chi connectivity index (χ1v) is 4.63. The summed E-state index contributed by atoms with van der Waals surface area (Å²) in [6.07, 6.45) is -2.17. The maximum atomic E-state index is 11.8. The fourth-order valence-electron chi connectivity index (χ4n) is 0.933. The van der Waals surface area contributed by atoms with Gasteiger partial charge in [0, 0.05) is 13.0 Å². The van der Waals surface area contributed by atoms with Gasteiger partial charge in [-0.25, -0.2) is 4.98 Å². The van der Waals surface area contributed by atoms with Crippen molar-refractivity contribution < 1.29 is 13.2 Å². The minimum Gasteiger partial charge on any atom is -0.369 e. The lowest BCUT2D eigenvalue weighted by Crippen LogP contribution is -2.11. The van der Waals surface area contributed by atoms with E-state index in [1.165, 1.54) is 12.4 Å². The van der Waals surface area contributed by atoms with E-state index in [2.05, 4.69) is 15.3 Å². The van der Waals surface area contributed by atoms with Gasteiger partial charge in [0.05, 0.1) is 12.4 Å². The highest BCUT2D eigenvalue weighted by atomic mass is 35.5. The van der Waals surface area contributed by atoms with Crippen LogP contribution in [-0.2, 0) is 0 Å². The van der Waals surface area contributed by atoms with Crippen molar-refractivity contribution in [3.63, 3.8) is 0 Å². The lowest BCUT2D eigenvalue weighted by Gasteiger charge is -2.07. The van der Waals surface area contributed by atoms with Crippen LogP contribution in [0.3, 0.4) is 0 Å². The Bertz CT molecular complexity index is 316. The molecule has 0 saturated heterocycles. The summed E-state index contributed by atoms with van der Waals surface area (Å²) >= 11 is 5.54. The fourth-order valence-corrected chi connectivity index (χ4v) is 1.08. The van der Waals surface area contributed by atoms with Crippen LogP contribution in [0.25, 0.3) is 0 Å². The molecule has 0 aliphatic carbocycles. The third-order valence-electron chi connectivity index (χ3n) is 1.55. The molecule has 0 aliphatic heterocycles. The van der Waals surface area contributed by atoms with E-state index >= 15 is 0 Å². The number of alkyl halides is 3. The zero-order valence-electron chi connectivity index (χ0n) is 7.68. The van der Waals surface area contributed by atoms with Crippen LogP contribution in [-0.4, -0.2) is 22.7 Å². The van der Waals surface area contributed by atoms with Crippen molar-refractivity contribution in [3.8, 4) is 0 Å². The molecular formula is C8H9ClF3N3. The van der Waals surface area contributed by atoms with Gasteiger partial charge in [-0.1, -0.05) is 11.6 Å². The molecule has 0 unspecified atom stereocenters. The second-order valence-corrected chi connectivity index (χ2v) is 3.26. The van der Waals surface area contributed by atoms with E-state index in [0.29, 0.717) is 5.82 Å². The molecule has 7 heteroatoms. The SMILES string of the molecule is FC(F)(F)CCCNc1cncc(Cl)n1. The smallest absolute Gasteiger partial charge is 0.369 e. The van der Waals surface area contributed by atoms with Crippen molar-refractivity contribution in [2.75, 3.05) is 11.9 Å². The number of aromatic nitrogens is 2. The van der Waals surface area contributed by atoms with Crippen LogP contribution in [0.1, 0.15) is 12.8 Å². The minimum absolute atomic E-state index is 0.00229. The van der Waals surface area contributed by atoms with Gasteiger partial charge < -0.3 is 5.32 Å². The van der Waals surface area contributed by atoms with Gasteiger partial charge in [0.1, 0.15) is 11.0 Å². The Kier molecular flexibility index (Phi) is 4.14. The standard InChI is InChI=1S/C8H9ClF3N3/c9-6-4-13-5-7(15-6)14-3-1-2-8(10,11)12/h4-5H,1-3H2,(H,14,15). The summed E-state index contributed by atoms with van der Waals surface area (Å²) in [4.78, 5) is 7.55. The maximum Gasteiger partial charge on any atom is 0.389 e. The van der Waals surface area contributed by atoms with Crippen LogP contribution >= 0.6 is 11.6 Å². The summed E-state index contributed by atoms with van der Waals surface area (Å²) in [5.41, 5.74) is 0. The third-order valence-corrected chi connectivity index (χ3v) is 1.73. The van der Waals surface area contributed by atoms with Crippen LogP contribution in [0.15, 0.2) is 12.4 Å². The van der Waals surface area contributed by atoms with Crippen molar-refractivity contribution in [2.45, 2.75) is 19.0 Å². The largest absolute Gasteiger partial charge is 0.389 e. The number of hydrogen-bond donors (Lipinski definition) is 1. The predicted octanol–water partition coefficient (Wildman–Crippen LogP) is 2.88. The second-order valence-electron chi connectivity index (χ2n) is 2.87. The van der Waals surface area contributed by atoms with Crippen molar-refractivity contribution >= 4 is 17.4 Å². The van der Waals surface area contributed by atoms with Gasteiger partial charge >= 0.3 is 6.18 Å². The van der Waals surface area contributed by atoms with Gasteiger partial charge in [-0.15, -0.1) is 0 Å². The summed E-state index contributed by atoms with van der Waals surface area (Å²) in [6.45, 7) is 0.189. The molecule has 1 aromatic heterocycles. The summed E-state index contributed by atoms with van der Waals surface area (Å²) < 4.78 is 35.3. The molecule has 84 valence electrons. The van der Waals surface area contributed by atoms with Gasteiger partial charge in [-0.05, 0) is 6.42 Å². The Labute approximate surface area is 89.7 Å². The predicted molar refractivity (Wildman–Crippen MR) is 50.8 cm³/mol. The molecule has 0 atom stereocenters. The molecule has 1 aromatic rings. The van der Waals surface area contributed by atoms with Gasteiger partial charge in [-0.2, -0.15) is 13.2 Å². The zero-order chi connectivity index (χ0) is 11.3. The molecular weight excluding hydrogens is 231 g/mol. The molecule has 3 nitrogen and oxygen atoms in total. The first-order valence-electron chi connectivity index (χ1n) is 4.25. The van der Waals surface area contributed by atoms with E-state index in [1.807, 2.05) is 0 Å². The molecule has 0 aromatic carbocycles. The average Bonchev–Trinajstić information content (AvgIpc) is 2.11. The molecule has 0 fully saturated rings. The lowest BCUT2D eigenvalue weighted by atomic mass is 10.3. The van der Waals surface area contributed by atoms with Gasteiger partial charge in [0.15, 0.2) is 0 Å². The normalized spacial score (nSPS) is 11.5. The van der Waals surface area contributed by atoms with Gasteiger partial charge in [0.25, 0.3) is 0 Å². The topological polar surface area (TPSA) is 37.8 Å². The van der Waals surface area contributed by atoms with E-state index in [1.54, 1.807) is 0 Å². The number of anilines is 1. The third kappa shape index (κ3) is 5.41. The second kappa shape index (κ2) is 5.16. The van der Waals surface area contributed by atoms with E-state index in [4.69, 9.17) is 11.6 Å². The van der Waals surface area contributed by atoms with Crippen molar-refractivity contribution in [3.05, 3.63) is 17.5 Å². The Hall–Kier alpha value is -1.04. The highest BCUT2D eigenvalue weighted by Gasteiger charge is 2.25. The number of nitrogens with zero attached hydrogens (tertiary/aromatic N) is 2. The zero-order valence-corrected chi connectivity index (χ0v) is 8.44. The van der Waals surface area contributed by atoms with Crippen LogP contribution < -0.4 is 5.32 Å². The number of hydrogen-bond acceptors (Lipinski definition) is 3. The molecule has 1 heterocycles. The minimum atomic E-state index is -4.11. The highest BCUT2D eigenvalue weighted by Crippen LogP contribution is 2.21. The highest BCUT2D eigenvalue weighted by molar-refractivity contribution is 6.29. The Morgan fingerprint density at radius 2 is 2.07 bits per heavy atom. The molecule has 0 bridgehead atoms. The molecule has 0 aliphatic rings. The molecule has 0 spiro atoms. The molecule has 0 radical (unpaired) electrons. The van der Waals surface area contributed by atoms with Crippen molar-refractivity contribution in [1.29, 1.82) is 0 Å². The molecule has 0 saturated carbocycles. The van der Waals surface area contributed by atoms with Crippen LogP contribution in [0, 0.1) is 0 Å². The Balaban J connectivity index is 2.26. The van der Waals surface area contributed by atoms with E-state index < -0.39 is 12.6 Å². The molecule has 15 heavy (non-hydrogen) atoms. The van der Waals surface area contributed by atoms with Crippen molar-refractivity contribution in [2.24, 2.45) is 0 Å². The van der Waals surface area contributed by atoms with Gasteiger partial charge in [0.2, 0.25) is 0 Å². The maximum absolute atomic E-state index is 11.8. The summed E-state index contributed by atoms with van der Waals surface area (Å²) in [5.74, 6) is 0.379. The number of nitrogens with one attached hydrogen (secondary N) is 1. The Morgan fingerprint density at radius 1 is 1.33 bits per heavy atom. The van der Waals surface area contributed by atoms with E-state index in [0.717, 1.165) is 0 Å². The number of rotatable bonds is 4. The first-order chi connectivity index (χ1) is 6.97. The monoisotopic (exact) mass is 239 g/mol. The van der Waals surface area contributed by atoms with E-state index in [-0.39, 0.29) is 18.1 Å². The molecule has 1 rings (SSSR count).